The summed E-state index contributed by atoms with van der Waals surface area (Å²) < 4.78 is 0. The van der Waals surface area contributed by atoms with Gasteiger partial charge in [0.25, 0.3) is 0 Å². The van der Waals surface area contributed by atoms with Crippen molar-refractivity contribution in [2.45, 2.75) is 56.5 Å². The zero-order chi connectivity index (χ0) is 21.0. The van der Waals surface area contributed by atoms with Crippen LogP contribution in [0.1, 0.15) is 50.0 Å². The number of piperidine rings is 1. The predicted molar refractivity (Wildman–Crippen MR) is 124 cm³/mol. The fourth-order valence-electron chi connectivity index (χ4n) is 5.83. The molecule has 2 aromatic rings. The Morgan fingerprint density at radius 1 is 0.903 bits per heavy atom. The Morgan fingerprint density at radius 2 is 1.61 bits per heavy atom. The number of benzene rings is 1. The fourth-order valence-corrected chi connectivity index (χ4v) is 5.83. The summed E-state index contributed by atoms with van der Waals surface area (Å²) >= 11 is 0. The van der Waals surface area contributed by atoms with Gasteiger partial charge in [-0.15, -0.1) is 0 Å². The van der Waals surface area contributed by atoms with Crippen molar-refractivity contribution in [1.82, 2.24) is 14.8 Å². The smallest absolute Gasteiger partial charge is 0.230 e. The van der Waals surface area contributed by atoms with Crippen LogP contribution >= 0.6 is 0 Å². The lowest BCUT2D eigenvalue weighted by atomic mass is 9.91. The maximum absolute atomic E-state index is 13.8. The van der Waals surface area contributed by atoms with Crippen molar-refractivity contribution < 1.29 is 4.79 Å². The lowest BCUT2D eigenvalue weighted by Crippen LogP contribution is -2.48. The minimum atomic E-state index is -0.0174. The molecule has 0 spiro atoms. The number of nitrogens with zero attached hydrogens (tertiary/aromatic N) is 4. The highest BCUT2D eigenvalue weighted by molar-refractivity contribution is 5.84. The van der Waals surface area contributed by atoms with Gasteiger partial charge in [-0.05, 0) is 62.8 Å². The molecule has 31 heavy (non-hydrogen) atoms. The normalized spacial score (nSPS) is 24.9. The molecule has 4 heterocycles. The van der Waals surface area contributed by atoms with Gasteiger partial charge >= 0.3 is 0 Å². The highest BCUT2D eigenvalue weighted by atomic mass is 16.2. The summed E-state index contributed by atoms with van der Waals surface area (Å²) in [6, 6.07) is 17.6. The SMILES string of the molecule is O=C(C(CCN1CCN(c2ccccn2)CC1)c1ccccc1)N1C2CCCC1CC2. The minimum Gasteiger partial charge on any atom is -0.354 e. The molecule has 3 saturated heterocycles. The molecule has 5 rings (SSSR count). The molecule has 3 aliphatic heterocycles. The first kappa shape index (κ1) is 20.5. The minimum absolute atomic E-state index is 0.0174. The molecule has 1 aromatic heterocycles. The molecule has 0 radical (unpaired) electrons. The van der Waals surface area contributed by atoms with Gasteiger partial charge in [0.15, 0.2) is 0 Å². The number of aromatic nitrogens is 1. The van der Waals surface area contributed by atoms with E-state index in [2.05, 4.69) is 56.1 Å². The van der Waals surface area contributed by atoms with Crippen LogP contribution in [0.15, 0.2) is 54.7 Å². The maximum Gasteiger partial charge on any atom is 0.230 e. The Morgan fingerprint density at radius 3 is 2.29 bits per heavy atom. The summed E-state index contributed by atoms with van der Waals surface area (Å²) in [6.45, 7) is 5.03. The summed E-state index contributed by atoms with van der Waals surface area (Å²) in [5, 5.41) is 0. The van der Waals surface area contributed by atoms with Gasteiger partial charge in [-0.1, -0.05) is 36.4 Å². The average Bonchev–Trinajstić information content (AvgIpc) is 3.09. The average molecular weight is 419 g/mol. The zero-order valence-electron chi connectivity index (χ0n) is 18.4. The third-order valence-electron chi connectivity index (χ3n) is 7.53. The highest BCUT2D eigenvalue weighted by Gasteiger charge is 2.41. The summed E-state index contributed by atoms with van der Waals surface area (Å²) in [5.74, 6) is 1.43. The fraction of sp³-hybridized carbons (Fsp3) is 0.538. The molecule has 0 aliphatic carbocycles. The molecule has 0 N–H and O–H groups in total. The molecule has 5 heteroatoms. The second-order valence-electron chi connectivity index (χ2n) is 9.33. The number of hydrogen-bond acceptors (Lipinski definition) is 4. The van der Waals surface area contributed by atoms with Crippen LogP contribution in [0.2, 0.25) is 0 Å². The lowest BCUT2D eigenvalue weighted by molar-refractivity contribution is -0.137. The zero-order valence-corrected chi connectivity index (χ0v) is 18.4. The molecule has 2 bridgehead atoms. The van der Waals surface area contributed by atoms with E-state index in [1.807, 2.05) is 18.3 Å². The van der Waals surface area contributed by atoms with Crippen LogP contribution in [0.5, 0.6) is 0 Å². The highest BCUT2D eigenvalue weighted by Crippen LogP contribution is 2.38. The van der Waals surface area contributed by atoms with Crippen LogP contribution < -0.4 is 4.90 Å². The quantitative estimate of drug-likeness (QED) is 0.713. The van der Waals surface area contributed by atoms with Gasteiger partial charge < -0.3 is 9.80 Å². The lowest BCUT2D eigenvalue weighted by Gasteiger charge is -2.39. The molecule has 0 saturated carbocycles. The molecular formula is C26H34N4O. The first-order valence-electron chi connectivity index (χ1n) is 12.0. The molecule has 1 amide bonds. The van der Waals surface area contributed by atoms with Crippen LogP contribution in [0.3, 0.4) is 0 Å². The van der Waals surface area contributed by atoms with E-state index in [9.17, 15) is 4.79 Å². The molecule has 3 unspecified atom stereocenters. The molecule has 3 fully saturated rings. The Labute approximate surface area is 186 Å². The molecular weight excluding hydrogens is 384 g/mol. The molecule has 3 atom stereocenters. The maximum atomic E-state index is 13.8. The largest absolute Gasteiger partial charge is 0.354 e. The Bertz CT molecular complexity index is 834. The van der Waals surface area contributed by atoms with E-state index >= 15 is 0 Å². The van der Waals surface area contributed by atoms with Crippen molar-refractivity contribution in [2.75, 3.05) is 37.6 Å². The summed E-state index contributed by atoms with van der Waals surface area (Å²) in [6.07, 6.45) is 8.85. The van der Waals surface area contributed by atoms with Gasteiger partial charge in [0.2, 0.25) is 5.91 Å². The summed E-state index contributed by atoms with van der Waals surface area (Å²) in [7, 11) is 0. The number of piperazine rings is 1. The van der Waals surface area contributed by atoms with Gasteiger partial charge in [-0.25, -0.2) is 4.98 Å². The van der Waals surface area contributed by atoms with E-state index < -0.39 is 0 Å². The Kier molecular flexibility index (Phi) is 6.21. The summed E-state index contributed by atoms with van der Waals surface area (Å²) in [5.41, 5.74) is 1.18. The van der Waals surface area contributed by atoms with E-state index in [-0.39, 0.29) is 5.92 Å². The molecule has 3 aliphatic rings. The number of carbonyl (C=O) groups excluding carboxylic acids is 1. The number of hydrogen-bond donors (Lipinski definition) is 0. The number of carbonyl (C=O) groups is 1. The Hall–Kier alpha value is -2.40. The van der Waals surface area contributed by atoms with Crippen molar-refractivity contribution >= 4 is 11.7 Å². The number of fused-ring (bicyclic) bond motifs is 2. The van der Waals surface area contributed by atoms with Crippen LogP contribution in [-0.2, 0) is 4.79 Å². The molecule has 1 aromatic carbocycles. The van der Waals surface area contributed by atoms with E-state index in [1.54, 1.807) is 0 Å². The third-order valence-corrected chi connectivity index (χ3v) is 7.53. The number of amides is 1. The number of anilines is 1. The van der Waals surface area contributed by atoms with E-state index in [4.69, 9.17) is 0 Å². The first-order valence-corrected chi connectivity index (χ1v) is 12.0. The van der Waals surface area contributed by atoms with E-state index in [0.29, 0.717) is 18.0 Å². The first-order chi connectivity index (χ1) is 15.3. The third kappa shape index (κ3) is 4.47. The number of rotatable bonds is 6. The second kappa shape index (κ2) is 9.39. The second-order valence-corrected chi connectivity index (χ2v) is 9.33. The van der Waals surface area contributed by atoms with Gasteiger partial charge in [-0.2, -0.15) is 0 Å². The van der Waals surface area contributed by atoms with Crippen molar-refractivity contribution in [1.29, 1.82) is 0 Å². The number of pyridine rings is 1. The topological polar surface area (TPSA) is 39.7 Å². The van der Waals surface area contributed by atoms with Gasteiger partial charge in [0.1, 0.15) is 5.82 Å². The standard InChI is InChI=1S/C26H34N4O/c31-26(30-22-9-6-10-23(30)13-12-22)24(21-7-2-1-3-8-21)14-16-28-17-19-29(20-18-28)25-11-4-5-15-27-25/h1-5,7-8,11,15,22-24H,6,9-10,12-14,16-20H2. The monoisotopic (exact) mass is 418 g/mol. The van der Waals surface area contributed by atoms with Crippen LogP contribution in [0.25, 0.3) is 0 Å². The van der Waals surface area contributed by atoms with Crippen molar-refractivity contribution in [3.05, 3.63) is 60.3 Å². The van der Waals surface area contributed by atoms with E-state index in [0.717, 1.165) is 45.0 Å². The van der Waals surface area contributed by atoms with E-state index in [1.165, 1.54) is 37.7 Å². The molecule has 164 valence electrons. The van der Waals surface area contributed by atoms with Crippen LogP contribution in [-0.4, -0.2) is 65.5 Å². The van der Waals surface area contributed by atoms with Gasteiger partial charge in [0, 0.05) is 44.5 Å². The summed E-state index contributed by atoms with van der Waals surface area (Å²) in [4.78, 5) is 25.4. The van der Waals surface area contributed by atoms with Gasteiger partial charge in [-0.3, -0.25) is 9.69 Å². The predicted octanol–water partition coefficient (Wildman–Crippen LogP) is 3.92. The van der Waals surface area contributed by atoms with Crippen molar-refractivity contribution in [2.24, 2.45) is 0 Å². The van der Waals surface area contributed by atoms with Crippen LogP contribution in [0.4, 0.5) is 5.82 Å². The van der Waals surface area contributed by atoms with Crippen LogP contribution in [0, 0.1) is 0 Å². The van der Waals surface area contributed by atoms with Crippen molar-refractivity contribution in [3.63, 3.8) is 0 Å². The van der Waals surface area contributed by atoms with Gasteiger partial charge in [0.05, 0.1) is 5.92 Å². The van der Waals surface area contributed by atoms with Crippen molar-refractivity contribution in [3.8, 4) is 0 Å². The molecule has 5 nitrogen and oxygen atoms in total. The Balaban J connectivity index is 1.23.